The van der Waals surface area contributed by atoms with E-state index < -0.39 is 5.97 Å². The lowest BCUT2D eigenvalue weighted by atomic mass is 9.85. The predicted octanol–water partition coefficient (Wildman–Crippen LogP) is 1.14. The van der Waals surface area contributed by atoms with Crippen LogP contribution in [0.15, 0.2) is 12.3 Å². The van der Waals surface area contributed by atoms with Gasteiger partial charge in [-0.05, 0) is 18.9 Å². The van der Waals surface area contributed by atoms with Crippen molar-refractivity contribution in [2.45, 2.75) is 31.7 Å². The molecule has 0 amide bonds. The van der Waals surface area contributed by atoms with E-state index in [9.17, 15) is 9.90 Å². The quantitative estimate of drug-likeness (QED) is 0.742. The van der Waals surface area contributed by atoms with Crippen LogP contribution < -0.4 is 5.32 Å². The van der Waals surface area contributed by atoms with Gasteiger partial charge in [-0.2, -0.15) is 0 Å². The van der Waals surface area contributed by atoms with E-state index in [1.807, 2.05) is 0 Å². The Bertz CT molecular complexity index is 425. The topological polar surface area (TPSA) is 95.3 Å². The summed E-state index contributed by atoms with van der Waals surface area (Å²) >= 11 is 0. The van der Waals surface area contributed by atoms with Gasteiger partial charge in [0.25, 0.3) is 0 Å². The van der Waals surface area contributed by atoms with Crippen LogP contribution in [0, 0.1) is 5.92 Å². The van der Waals surface area contributed by atoms with Crippen molar-refractivity contribution < 1.29 is 15.0 Å². The minimum Gasteiger partial charge on any atom is -0.477 e. The van der Waals surface area contributed by atoms with Gasteiger partial charge in [-0.15, -0.1) is 0 Å². The van der Waals surface area contributed by atoms with Gasteiger partial charge in [0.1, 0.15) is 0 Å². The van der Waals surface area contributed by atoms with Gasteiger partial charge in [0.2, 0.25) is 5.95 Å². The smallest absolute Gasteiger partial charge is 0.354 e. The van der Waals surface area contributed by atoms with E-state index in [-0.39, 0.29) is 24.3 Å². The first-order chi connectivity index (χ1) is 8.70. The standard InChI is InChI=1S/C12H17N3O3/c16-7-8-3-1-2-4-9(8)14-12-13-6-5-10(15-12)11(17)18/h5-6,8-9,16H,1-4,7H2,(H,17,18)(H,13,14,15). The molecule has 3 N–H and O–H groups in total. The van der Waals surface area contributed by atoms with Crippen LogP contribution >= 0.6 is 0 Å². The minimum absolute atomic E-state index is 0.0242. The summed E-state index contributed by atoms with van der Waals surface area (Å²) in [6, 6.07) is 1.48. The number of hydrogen-bond acceptors (Lipinski definition) is 5. The summed E-state index contributed by atoms with van der Waals surface area (Å²) < 4.78 is 0. The van der Waals surface area contributed by atoms with Crippen molar-refractivity contribution in [3.05, 3.63) is 18.0 Å². The molecule has 98 valence electrons. The first-order valence-corrected chi connectivity index (χ1v) is 6.14. The van der Waals surface area contributed by atoms with Gasteiger partial charge in [0, 0.05) is 24.8 Å². The molecule has 1 fully saturated rings. The zero-order chi connectivity index (χ0) is 13.0. The lowest BCUT2D eigenvalue weighted by molar-refractivity contribution is 0.0690. The maximum absolute atomic E-state index is 10.8. The van der Waals surface area contributed by atoms with Gasteiger partial charge < -0.3 is 15.5 Å². The van der Waals surface area contributed by atoms with E-state index >= 15 is 0 Å². The number of nitrogens with zero attached hydrogens (tertiary/aromatic N) is 2. The zero-order valence-corrected chi connectivity index (χ0v) is 10.0. The van der Waals surface area contributed by atoms with E-state index in [1.165, 1.54) is 12.3 Å². The normalized spacial score (nSPS) is 23.6. The summed E-state index contributed by atoms with van der Waals surface area (Å²) in [5.41, 5.74) is -0.0242. The van der Waals surface area contributed by atoms with Crippen LogP contribution in [-0.2, 0) is 0 Å². The number of anilines is 1. The average molecular weight is 251 g/mol. The molecule has 1 aliphatic carbocycles. The second-order valence-corrected chi connectivity index (χ2v) is 4.55. The number of aliphatic hydroxyl groups is 1. The Morgan fingerprint density at radius 1 is 1.44 bits per heavy atom. The highest BCUT2D eigenvalue weighted by Crippen LogP contribution is 2.25. The van der Waals surface area contributed by atoms with Gasteiger partial charge in [0.15, 0.2) is 5.69 Å². The Morgan fingerprint density at radius 2 is 2.22 bits per heavy atom. The number of rotatable bonds is 4. The first kappa shape index (κ1) is 12.8. The lowest BCUT2D eigenvalue weighted by Crippen LogP contribution is -2.35. The van der Waals surface area contributed by atoms with Crippen molar-refractivity contribution in [2.24, 2.45) is 5.92 Å². The summed E-state index contributed by atoms with van der Waals surface area (Å²) in [6.45, 7) is 0.135. The molecule has 1 saturated carbocycles. The number of carbonyl (C=O) groups is 1. The van der Waals surface area contributed by atoms with Crippen molar-refractivity contribution >= 4 is 11.9 Å². The number of carboxylic acids is 1. The number of aromatic carboxylic acids is 1. The molecule has 0 spiro atoms. The second kappa shape index (κ2) is 5.77. The van der Waals surface area contributed by atoms with E-state index in [0.717, 1.165) is 25.7 Å². The van der Waals surface area contributed by atoms with Gasteiger partial charge in [-0.25, -0.2) is 14.8 Å². The third-order valence-electron chi connectivity index (χ3n) is 3.33. The average Bonchev–Trinajstić information content (AvgIpc) is 2.39. The molecule has 2 unspecified atom stereocenters. The van der Waals surface area contributed by atoms with E-state index in [0.29, 0.717) is 5.95 Å². The van der Waals surface area contributed by atoms with Crippen molar-refractivity contribution in [3.63, 3.8) is 0 Å². The molecular formula is C12H17N3O3. The zero-order valence-electron chi connectivity index (χ0n) is 10.0. The highest BCUT2D eigenvalue weighted by Gasteiger charge is 2.25. The molecule has 1 aliphatic rings. The van der Waals surface area contributed by atoms with Crippen LogP contribution in [0.1, 0.15) is 36.2 Å². The van der Waals surface area contributed by atoms with Crippen molar-refractivity contribution in [1.29, 1.82) is 0 Å². The van der Waals surface area contributed by atoms with E-state index in [2.05, 4.69) is 15.3 Å². The molecule has 18 heavy (non-hydrogen) atoms. The molecule has 2 atom stereocenters. The molecule has 0 radical (unpaired) electrons. The predicted molar refractivity (Wildman–Crippen MR) is 65.4 cm³/mol. The van der Waals surface area contributed by atoms with Crippen LogP contribution in [0.2, 0.25) is 0 Å². The SMILES string of the molecule is O=C(O)c1ccnc(NC2CCCCC2CO)n1. The Balaban J connectivity index is 2.07. The summed E-state index contributed by atoms with van der Waals surface area (Å²) in [5.74, 6) is -0.557. The highest BCUT2D eigenvalue weighted by molar-refractivity contribution is 5.85. The maximum Gasteiger partial charge on any atom is 0.354 e. The van der Waals surface area contributed by atoms with Crippen LogP contribution in [-0.4, -0.2) is 38.8 Å². The second-order valence-electron chi connectivity index (χ2n) is 4.55. The Labute approximate surface area is 105 Å². The largest absolute Gasteiger partial charge is 0.477 e. The maximum atomic E-state index is 10.8. The molecule has 0 bridgehead atoms. The third-order valence-corrected chi connectivity index (χ3v) is 3.33. The van der Waals surface area contributed by atoms with Crippen LogP contribution in [0.25, 0.3) is 0 Å². The van der Waals surface area contributed by atoms with Crippen LogP contribution in [0.4, 0.5) is 5.95 Å². The molecule has 2 rings (SSSR count). The Kier molecular flexibility index (Phi) is 4.09. The first-order valence-electron chi connectivity index (χ1n) is 6.14. The minimum atomic E-state index is -1.07. The molecule has 1 aromatic heterocycles. The summed E-state index contributed by atoms with van der Waals surface area (Å²) in [7, 11) is 0. The monoisotopic (exact) mass is 251 g/mol. The van der Waals surface area contributed by atoms with E-state index in [1.54, 1.807) is 0 Å². The fourth-order valence-corrected chi connectivity index (χ4v) is 2.33. The number of aromatic nitrogens is 2. The fraction of sp³-hybridized carbons (Fsp3) is 0.583. The number of hydrogen-bond donors (Lipinski definition) is 3. The van der Waals surface area contributed by atoms with Gasteiger partial charge in [0.05, 0.1) is 0 Å². The molecule has 1 heterocycles. The van der Waals surface area contributed by atoms with Crippen molar-refractivity contribution in [2.75, 3.05) is 11.9 Å². The number of aliphatic hydroxyl groups excluding tert-OH is 1. The van der Waals surface area contributed by atoms with Gasteiger partial charge in [-0.1, -0.05) is 12.8 Å². The third kappa shape index (κ3) is 2.95. The van der Waals surface area contributed by atoms with Gasteiger partial charge >= 0.3 is 5.97 Å². The lowest BCUT2D eigenvalue weighted by Gasteiger charge is -2.30. The molecule has 0 aliphatic heterocycles. The number of nitrogens with one attached hydrogen (secondary N) is 1. The van der Waals surface area contributed by atoms with Crippen LogP contribution in [0.5, 0.6) is 0 Å². The molecule has 0 saturated heterocycles. The van der Waals surface area contributed by atoms with Gasteiger partial charge in [-0.3, -0.25) is 0 Å². The van der Waals surface area contributed by atoms with Crippen molar-refractivity contribution in [3.8, 4) is 0 Å². The van der Waals surface area contributed by atoms with E-state index in [4.69, 9.17) is 5.11 Å². The molecule has 6 heteroatoms. The molecule has 1 aromatic rings. The molecule has 0 aromatic carbocycles. The Hall–Kier alpha value is -1.69. The molecule has 6 nitrogen and oxygen atoms in total. The number of carboxylic acid groups (broad SMARTS) is 1. The Morgan fingerprint density at radius 3 is 2.94 bits per heavy atom. The van der Waals surface area contributed by atoms with Crippen molar-refractivity contribution in [1.82, 2.24) is 9.97 Å². The molecular weight excluding hydrogens is 234 g/mol. The van der Waals surface area contributed by atoms with Crippen LogP contribution in [0.3, 0.4) is 0 Å². The highest BCUT2D eigenvalue weighted by atomic mass is 16.4. The summed E-state index contributed by atoms with van der Waals surface area (Å²) in [6.07, 6.45) is 5.58. The fourth-order valence-electron chi connectivity index (χ4n) is 2.33. The summed E-state index contributed by atoms with van der Waals surface area (Å²) in [5, 5.41) is 21.3. The summed E-state index contributed by atoms with van der Waals surface area (Å²) in [4.78, 5) is 18.8.